The fraction of sp³-hybridized carbons (Fsp3) is 0.250. The average Bonchev–Trinajstić information content (AvgIpc) is 2.85. The normalized spacial score (nSPS) is 12.9. The quantitative estimate of drug-likeness (QED) is 0.911. The van der Waals surface area contributed by atoms with Gasteiger partial charge in [-0.25, -0.2) is 0 Å². The van der Waals surface area contributed by atoms with Crippen LogP contribution in [0.3, 0.4) is 0 Å². The number of hydrogen-bond donors (Lipinski definition) is 1. The number of hydrogen-bond acceptors (Lipinski definition) is 2. The average molecular weight is 318 g/mol. The van der Waals surface area contributed by atoms with E-state index < -0.39 is 0 Å². The van der Waals surface area contributed by atoms with Crippen LogP contribution >= 0.6 is 15.9 Å². The summed E-state index contributed by atoms with van der Waals surface area (Å²) in [5, 5.41) is 3.47. The molecule has 0 spiro atoms. The van der Waals surface area contributed by atoms with E-state index >= 15 is 0 Å². The molecular weight excluding hydrogens is 302 g/mol. The van der Waals surface area contributed by atoms with Gasteiger partial charge in [-0.1, -0.05) is 28.1 Å². The molecule has 0 amide bonds. The molecule has 0 aliphatic carbocycles. The maximum absolute atomic E-state index is 5.51. The number of aryl methyl sites for hydroxylation is 1. The summed E-state index contributed by atoms with van der Waals surface area (Å²) in [6, 6.07) is 12.8. The molecule has 0 aromatic heterocycles. The van der Waals surface area contributed by atoms with E-state index in [-0.39, 0.29) is 0 Å². The van der Waals surface area contributed by atoms with Gasteiger partial charge in [0.25, 0.3) is 0 Å². The number of anilines is 1. The first-order valence-electron chi connectivity index (χ1n) is 6.47. The van der Waals surface area contributed by atoms with Crippen LogP contribution in [-0.2, 0) is 13.0 Å². The summed E-state index contributed by atoms with van der Waals surface area (Å²) in [4.78, 5) is 0. The second kappa shape index (κ2) is 5.25. The minimum atomic E-state index is 0.808. The third-order valence-corrected chi connectivity index (χ3v) is 4.12. The third kappa shape index (κ3) is 2.76. The zero-order chi connectivity index (χ0) is 13.2. The monoisotopic (exact) mass is 317 g/mol. The Morgan fingerprint density at radius 2 is 2.11 bits per heavy atom. The van der Waals surface area contributed by atoms with Crippen molar-refractivity contribution in [3.05, 3.63) is 57.6 Å². The van der Waals surface area contributed by atoms with Gasteiger partial charge in [-0.2, -0.15) is 0 Å². The van der Waals surface area contributed by atoms with Crippen molar-refractivity contribution >= 4 is 21.6 Å². The van der Waals surface area contributed by atoms with Crippen LogP contribution in [0.4, 0.5) is 5.69 Å². The molecule has 2 nitrogen and oxygen atoms in total. The highest BCUT2D eigenvalue weighted by Gasteiger charge is 2.11. The largest absolute Gasteiger partial charge is 0.493 e. The second-order valence-corrected chi connectivity index (χ2v) is 5.72. The van der Waals surface area contributed by atoms with Gasteiger partial charge in [0, 0.05) is 23.1 Å². The summed E-state index contributed by atoms with van der Waals surface area (Å²) in [6.45, 7) is 3.73. The smallest absolute Gasteiger partial charge is 0.122 e. The predicted molar refractivity (Wildman–Crippen MR) is 81.8 cm³/mol. The maximum atomic E-state index is 5.51. The van der Waals surface area contributed by atoms with Gasteiger partial charge >= 0.3 is 0 Å². The van der Waals surface area contributed by atoms with Crippen molar-refractivity contribution < 1.29 is 4.74 Å². The van der Waals surface area contributed by atoms with Gasteiger partial charge in [-0.05, 0) is 47.9 Å². The Kier molecular flexibility index (Phi) is 3.47. The fourth-order valence-corrected chi connectivity index (χ4v) is 2.92. The van der Waals surface area contributed by atoms with Crippen LogP contribution in [0.15, 0.2) is 40.9 Å². The van der Waals surface area contributed by atoms with Gasteiger partial charge in [0.2, 0.25) is 0 Å². The molecule has 0 atom stereocenters. The number of halogens is 1. The van der Waals surface area contributed by atoms with E-state index in [4.69, 9.17) is 4.74 Å². The predicted octanol–water partition coefficient (Wildman–Crippen LogP) is 4.30. The van der Waals surface area contributed by atoms with Gasteiger partial charge in [0.1, 0.15) is 5.75 Å². The van der Waals surface area contributed by atoms with Crippen LogP contribution in [0.2, 0.25) is 0 Å². The summed E-state index contributed by atoms with van der Waals surface area (Å²) < 4.78 is 6.67. The molecule has 19 heavy (non-hydrogen) atoms. The highest BCUT2D eigenvalue weighted by molar-refractivity contribution is 9.10. The number of rotatable bonds is 3. The van der Waals surface area contributed by atoms with Crippen LogP contribution in [0.25, 0.3) is 0 Å². The van der Waals surface area contributed by atoms with Crippen molar-refractivity contribution in [2.75, 3.05) is 11.9 Å². The molecule has 1 aliphatic rings. The molecule has 1 N–H and O–H groups in total. The maximum Gasteiger partial charge on any atom is 0.122 e. The van der Waals surface area contributed by atoms with E-state index in [9.17, 15) is 0 Å². The summed E-state index contributed by atoms with van der Waals surface area (Å²) in [5.74, 6) is 1.03. The van der Waals surface area contributed by atoms with Crippen molar-refractivity contribution in [3.8, 4) is 5.75 Å². The summed E-state index contributed by atoms with van der Waals surface area (Å²) in [7, 11) is 0. The first kappa shape index (κ1) is 12.5. The Morgan fingerprint density at radius 3 is 2.95 bits per heavy atom. The Labute approximate surface area is 121 Å². The third-order valence-electron chi connectivity index (χ3n) is 3.38. The van der Waals surface area contributed by atoms with Gasteiger partial charge in [-0.3, -0.25) is 0 Å². The minimum Gasteiger partial charge on any atom is -0.493 e. The lowest BCUT2D eigenvalue weighted by Gasteiger charge is -2.10. The Balaban J connectivity index is 1.72. The molecule has 3 rings (SSSR count). The standard InChI is InChI=1S/C16H16BrNO/c1-11-2-3-13(15(17)8-11)10-18-14-4-5-16-12(9-14)6-7-19-16/h2-5,8-9,18H,6-7,10H2,1H3. The van der Waals surface area contributed by atoms with Crippen molar-refractivity contribution in [2.24, 2.45) is 0 Å². The molecule has 1 aliphatic heterocycles. The topological polar surface area (TPSA) is 21.3 Å². The van der Waals surface area contributed by atoms with E-state index in [1.54, 1.807) is 0 Å². The second-order valence-electron chi connectivity index (χ2n) is 4.87. The van der Waals surface area contributed by atoms with E-state index in [1.165, 1.54) is 16.7 Å². The molecule has 2 aromatic rings. The van der Waals surface area contributed by atoms with Gasteiger partial charge in [0.15, 0.2) is 0 Å². The SMILES string of the molecule is Cc1ccc(CNc2ccc3c(c2)CCO3)c(Br)c1. The lowest BCUT2D eigenvalue weighted by Crippen LogP contribution is -2.00. The fourth-order valence-electron chi connectivity index (χ4n) is 2.29. The first-order valence-corrected chi connectivity index (χ1v) is 7.26. The lowest BCUT2D eigenvalue weighted by atomic mass is 10.1. The Hall–Kier alpha value is -1.48. The lowest BCUT2D eigenvalue weighted by molar-refractivity contribution is 0.357. The Morgan fingerprint density at radius 1 is 1.21 bits per heavy atom. The molecule has 1 heterocycles. The van der Waals surface area contributed by atoms with E-state index in [0.717, 1.165) is 35.5 Å². The summed E-state index contributed by atoms with van der Waals surface area (Å²) >= 11 is 3.61. The molecule has 98 valence electrons. The van der Waals surface area contributed by atoms with E-state index in [1.807, 2.05) is 0 Å². The van der Waals surface area contributed by atoms with E-state index in [2.05, 4.69) is 64.6 Å². The molecule has 0 bridgehead atoms. The van der Waals surface area contributed by atoms with Gasteiger partial charge in [-0.15, -0.1) is 0 Å². The molecule has 0 fully saturated rings. The number of fused-ring (bicyclic) bond motifs is 1. The zero-order valence-corrected chi connectivity index (χ0v) is 12.5. The Bertz CT molecular complexity index is 610. The zero-order valence-electron chi connectivity index (χ0n) is 10.9. The molecular formula is C16H16BrNO. The van der Waals surface area contributed by atoms with E-state index in [0.29, 0.717) is 0 Å². The first-order chi connectivity index (χ1) is 9.22. The van der Waals surface area contributed by atoms with Gasteiger partial charge in [0.05, 0.1) is 6.61 Å². The number of ether oxygens (including phenoxy) is 1. The van der Waals surface area contributed by atoms with Crippen LogP contribution in [0.5, 0.6) is 5.75 Å². The van der Waals surface area contributed by atoms with Crippen molar-refractivity contribution in [1.82, 2.24) is 0 Å². The molecule has 0 saturated carbocycles. The molecule has 2 aromatic carbocycles. The van der Waals surface area contributed by atoms with Gasteiger partial charge < -0.3 is 10.1 Å². The van der Waals surface area contributed by atoms with Crippen molar-refractivity contribution in [1.29, 1.82) is 0 Å². The van der Waals surface area contributed by atoms with Crippen LogP contribution in [0.1, 0.15) is 16.7 Å². The highest BCUT2D eigenvalue weighted by Crippen LogP contribution is 2.28. The molecule has 0 radical (unpaired) electrons. The summed E-state index contributed by atoms with van der Waals surface area (Å²) in [6.07, 6.45) is 1.01. The highest BCUT2D eigenvalue weighted by atomic mass is 79.9. The minimum absolute atomic E-state index is 0.808. The van der Waals surface area contributed by atoms with Crippen LogP contribution in [0, 0.1) is 6.92 Å². The number of benzene rings is 2. The molecule has 3 heteroatoms. The van der Waals surface area contributed by atoms with Crippen molar-refractivity contribution in [3.63, 3.8) is 0 Å². The van der Waals surface area contributed by atoms with Crippen LogP contribution in [-0.4, -0.2) is 6.61 Å². The summed E-state index contributed by atoms with van der Waals surface area (Å²) in [5.41, 5.74) is 4.98. The number of nitrogens with one attached hydrogen (secondary N) is 1. The molecule has 0 saturated heterocycles. The van der Waals surface area contributed by atoms with Crippen molar-refractivity contribution in [2.45, 2.75) is 19.9 Å². The molecule has 0 unspecified atom stereocenters. The van der Waals surface area contributed by atoms with Crippen LogP contribution < -0.4 is 10.1 Å².